The number of rotatable bonds is 6. The van der Waals surface area contributed by atoms with Gasteiger partial charge in [0, 0.05) is 0 Å². The molecule has 0 bridgehead atoms. The zero-order chi connectivity index (χ0) is 18.7. The fourth-order valence-electron chi connectivity index (χ4n) is 3.52. The minimum Gasteiger partial charge on any atom is -0.481 e. The number of hydrogen-bond donors (Lipinski definition) is 1. The highest BCUT2D eigenvalue weighted by atomic mass is 16.5. The highest BCUT2D eigenvalue weighted by Gasteiger charge is 2.21. The highest BCUT2D eigenvalue weighted by molar-refractivity contribution is 5.81. The molecule has 0 fully saturated rings. The summed E-state index contributed by atoms with van der Waals surface area (Å²) >= 11 is 0. The molecule has 0 spiro atoms. The van der Waals surface area contributed by atoms with E-state index >= 15 is 0 Å². The summed E-state index contributed by atoms with van der Waals surface area (Å²) in [6.07, 6.45) is 3.72. The number of amides is 1. The van der Waals surface area contributed by atoms with E-state index in [2.05, 4.69) is 37.4 Å². The summed E-state index contributed by atoms with van der Waals surface area (Å²) in [6, 6.07) is 12.5. The van der Waals surface area contributed by atoms with E-state index in [0.29, 0.717) is 6.42 Å². The van der Waals surface area contributed by atoms with Crippen LogP contribution in [0.15, 0.2) is 36.4 Å². The topological polar surface area (TPSA) is 38.3 Å². The molecule has 1 amide bonds. The van der Waals surface area contributed by atoms with Crippen LogP contribution < -0.4 is 10.1 Å². The second kappa shape index (κ2) is 7.94. The average molecular weight is 351 g/mol. The lowest BCUT2D eigenvalue weighted by Crippen LogP contribution is -2.39. The Morgan fingerprint density at radius 1 is 1.08 bits per heavy atom. The van der Waals surface area contributed by atoms with Crippen LogP contribution in [0.2, 0.25) is 0 Å². The third-order valence-corrected chi connectivity index (χ3v) is 5.40. The van der Waals surface area contributed by atoms with Gasteiger partial charge >= 0.3 is 0 Å². The van der Waals surface area contributed by atoms with Crippen molar-refractivity contribution in [1.29, 1.82) is 0 Å². The molecule has 1 aliphatic carbocycles. The first-order valence-electron chi connectivity index (χ1n) is 9.64. The summed E-state index contributed by atoms with van der Waals surface area (Å²) in [7, 11) is 0. The fourth-order valence-corrected chi connectivity index (χ4v) is 3.52. The van der Waals surface area contributed by atoms with E-state index in [-0.39, 0.29) is 11.9 Å². The van der Waals surface area contributed by atoms with Gasteiger partial charge in [-0.2, -0.15) is 0 Å². The van der Waals surface area contributed by atoms with E-state index in [1.807, 2.05) is 32.0 Å². The summed E-state index contributed by atoms with van der Waals surface area (Å²) in [5, 5.41) is 3.12. The number of aryl methyl sites for hydroxylation is 4. The minimum absolute atomic E-state index is 0.0224. The number of nitrogens with one attached hydrogen (secondary N) is 1. The molecule has 3 heteroatoms. The van der Waals surface area contributed by atoms with Crippen molar-refractivity contribution in [3.63, 3.8) is 0 Å². The van der Waals surface area contributed by atoms with Gasteiger partial charge in [-0.05, 0) is 86.4 Å². The smallest absolute Gasteiger partial charge is 0.261 e. The minimum atomic E-state index is -0.478. The van der Waals surface area contributed by atoms with Crippen LogP contribution in [0.1, 0.15) is 60.5 Å². The predicted molar refractivity (Wildman–Crippen MR) is 106 cm³/mol. The summed E-state index contributed by atoms with van der Waals surface area (Å²) in [6.45, 7) is 8.14. The van der Waals surface area contributed by atoms with Crippen LogP contribution in [0.4, 0.5) is 0 Å². The molecular weight excluding hydrogens is 322 g/mol. The molecule has 0 aliphatic heterocycles. The number of carbonyl (C=O) groups excluding carboxylic acids is 1. The van der Waals surface area contributed by atoms with Crippen molar-refractivity contribution in [2.75, 3.05) is 0 Å². The van der Waals surface area contributed by atoms with Crippen LogP contribution >= 0.6 is 0 Å². The largest absolute Gasteiger partial charge is 0.481 e. The average Bonchev–Trinajstić information content (AvgIpc) is 3.10. The fraction of sp³-hybridized carbons (Fsp3) is 0.435. The maximum Gasteiger partial charge on any atom is 0.261 e. The number of ether oxygens (including phenoxy) is 1. The summed E-state index contributed by atoms with van der Waals surface area (Å²) in [4.78, 5) is 12.7. The molecule has 1 N–H and O–H groups in total. The van der Waals surface area contributed by atoms with Crippen molar-refractivity contribution in [1.82, 2.24) is 5.32 Å². The van der Waals surface area contributed by atoms with Gasteiger partial charge in [0.2, 0.25) is 0 Å². The van der Waals surface area contributed by atoms with Gasteiger partial charge in [0.25, 0.3) is 5.91 Å². The molecule has 0 saturated heterocycles. The van der Waals surface area contributed by atoms with Crippen molar-refractivity contribution in [3.05, 3.63) is 64.2 Å². The van der Waals surface area contributed by atoms with Crippen LogP contribution in [0.3, 0.4) is 0 Å². The monoisotopic (exact) mass is 351 g/mol. The molecule has 0 radical (unpaired) electrons. The van der Waals surface area contributed by atoms with Crippen LogP contribution in [-0.2, 0) is 17.6 Å². The second-order valence-corrected chi connectivity index (χ2v) is 7.37. The van der Waals surface area contributed by atoms with Gasteiger partial charge in [-0.3, -0.25) is 4.79 Å². The molecule has 2 aromatic carbocycles. The maximum absolute atomic E-state index is 12.7. The molecule has 0 heterocycles. The van der Waals surface area contributed by atoms with Crippen LogP contribution in [0, 0.1) is 13.8 Å². The van der Waals surface area contributed by atoms with Crippen molar-refractivity contribution in [2.24, 2.45) is 0 Å². The Morgan fingerprint density at radius 3 is 2.58 bits per heavy atom. The molecule has 3 rings (SSSR count). The molecule has 138 valence electrons. The molecule has 26 heavy (non-hydrogen) atoms. The lowest BCUT2D eigenvalue weighted by molar-refractivity contribution is -0.128. The Hall–Kier alpha value is -2.29. The maximum atomic E-state index is 12.7. The zero-order valence-electron chi connectivity index (χ0n) is 16.3. The first-order chi connectivity index (χ1) is 12.5. The Kier molecular flexibility index (Phi) is 5.65. The highest BCUT2D eigenvalue weighted by Crippen LogP contribution is 2.25. The summed E-state index contributed by atoms with van der Waals surface area (Å²) < 4.78 is 5.96. The van der Waals surface area contributed by atoms with Gasteiger partial charge in [-0.25, -0.2) is 0 Å². The van der Waals surface area contributed by atoms with E-state index in [0.717, 1.165) is 12.2 Å². The number of hydrogen-bond acceptors (Lipinski definition) is 2. The molecule has 2 aromatic rings. The third-order valence-electron chi connectivity index (χ3n) is 5.40. The third kappa shape index (κ3) is 4.09. The van der Waals surface area contributed by atoms with Crippen LogP contribution in [-0.4, -0.2) is 12.0 Å². The second-order valence-electron chi connectivity index (χ2n) is 7.37. The van der Waals surface area contributed by atoms with Crippen molar-refractivity contribution >= 4 is 5.91 Å². The molecule has 2 atom stereocenters. The van der Waals surface area contributed by atoms with Gasteiger partial charge in [0.05, 0.1) is 6.04 Å². The standard InChI is InChI=1S/C23H29NO2/c1-5-22(26-21-12-9-15(2)16(3)13-21)23(25)24-17(4)19-11-10-18-7-6-8-20(18)14-19/h9-14,17,22H,5-8H2,1-4H3,(H,24,25). The van der Waals surface area contributed by atoms with Gasteiger partial charge in [0.15, 0.2) is 6.10 Å². The molecular formula is C23H29NO2. The van der Waals surface area contributed by atoms with Crippen molar-refractivity contribution in [2.45, 2.75) is 65.5 Å². The lowest BCUT2D eigenvalue weighted by atomic mass is 10.0. The van der Waals surface area contributed by atoms with E-state index < -0.39 is 6.10 Å². The first kappa shape index (κ1) is 18.5. The SMILES string of the molecule is CCC(Oc1ccc(C)c(C)c1)C(=O)NC(C)c1ccc2c(c1)CCC2. The van der Waals surface area contributed by atoms with E-state index in [4.69, 9.17) is 4.74 Å². The van der Waals surface area contributed by atoms with E-state index in [9.17, 15) is 4.79 Å². The number of benzene rings is 2. The first-order valence-corrected chi connectivity index (χ1v) is 9.64. The Bertz CT molecular complexity index is 797. The molecule has 1 aliphatic rings. The summed E-state index contributed by atoms with van der Waals surface area (Å²) in [5.74, 6) is 0.694. The number of carbonyl (C=O) groups is 1. The predicted octanol–water partition coefficient (Wildman–Crippen LogP) is 4.83. The van der Waals surface area contributed by atoms with Gasteiger partial charge in [-0.15, -0.1) is 0 Å². The van der Waals surface area contributed by atoms with Crippen molar-refractivity contribution < 1.29 is 9.53 Å². The zero-order valence-corrected chi connectivity index (χ0v) is 16.3. The lowest BCUT2D eigenvalue weighted by Gasteiger charge is -2.21. The van der Waals surface area contributed by atoms with Crippen LogP contribution in [0.25, 0.3) is 0 Å². The van der Waals surface area contributed by atoms with E-state index in [1.54, 1.807) is 0 Å². The van der Waals surface area contributed by atoms with Gasteiger partial charge < -0.3 is 10.1 Å². The van der Waals surface area contributed by atoms with Gasteiger partial charge in [-0.1, -0.05) is 31.2 Å². The van der Waals surface area contributed by atoms with Gasteiger partial charge in [0.1, 0.15) is 5.75 Å². The Labute approximate surface area is 156 Å². The summed E-state index contributed by atoms with van der Waals surface area (Å²) in [5.41, 5.74) is 6.45. The Balaban J connectivity index is 1.65. The van der Waals surface area contributed by atoms with E-state index in [1.165, 1.54) is 40.7 Å². The number of fused-ring (bicyclic) bond motifs is 1. The molecule has 0 aromatic heterocycles. The quantitative estimate of drug-likeness (QED) is 0.810. The van der Waals surface area contributed by atoms with Crippen molar-refractivity contribution in [3.8, 4) is 5.75 Å². The molecule has 0 saturated carbocycles. The van der Waals surface area contributed by atoms with Crippen LogP contribution in [0.5, 0.6) is 5.75 Å². The normalized spacial score (nSPS) is 15.2. The molecule has 2 unspecified atom stereocenters. The Morgan fingerprint density at radius 2 is 1.85 bits per heavy atom. The molecule has 3 nitrogen and oxygen atoms in total.